The van der Waals surface area contributed by atoms with E-state index in [2.05, 4.69) is 0 Å². The van der Waals surface area contributed by atoms with Crippen molar-refractivity contribution in [2.45, 2.75) is 25.4 Å². The highest BCUT2D eigenvalue weighted by Gasteiger charge is 2.32. The number of rotatable bonds is 3. The van der Waals surface area contributed by atoms with Gasteiger partial charge in [-0.15, -0.1) is 0 Å². The molecule has 0 radical (unpaired) electrons. The molecule has 96 valence electrons. The second-order valence-corrected chi connectivity index (χ2v) is 4.16. The van der Waals surface area contributed by atoms with Gasteiger partial charge in [0.25, 0.3) is 5.69 Å². The number of nitrogens with zero attached hydrogens (tertiary/aromatic N) is 1. The van der Waals surface area contributed by atoms with E-state index < -0.39 is 16.7 Å². The maximum Gasteiger partial charge on any atom is 0.416 e. The van der Waals surface area contributed by atoms with Crippen LogP contribution in [0.3, 0.4) is 0 Å². The molecular weight excluding hydrogens is 247 g/mol. The Morgan fingerprint density at radius 3 is 2.50 bits per heavy atom. The SMILES string of the molecule is O=[N+]([O-])c1ccc(C(F)(F)F)cc1CC=C1CC1. The van der Waals surface area contributed by atoms with Gasteiger partial charge in [0.1, 0.15) is 0 Å². The van der Waals surface area contributed by atoms with Crippen molar-refractivity contribution < 1.29 is 18.1 Å². The lowest BCUT2D eigenvalue weighted by molar-refractivity contribution is -0.385. The highest BCUT2D eigenvalue weighted by atomic mass is 19.4. The van der Waals surface area contributed by atoms with Crippen molar-refractivity contribution in [2.75, 3.05) is 0 Å². The monoisotopic (exact) mass is 257 g/mol. The maximum absolute atomic E-state index is 12.5. The average Bonchev–Trinajstić information content (AvgIpc) is 3.08. The molecule has 0 bridgehead atoms. The van der Waals surface area contributed by atoms with E-state index in [-0.39, 0.29) is 17.7 Å². The Hall–Kier alpha value is -1.85. The van der Waals surface area contributed by atoms with Gasteiger partial charge < -0.3 is 0 Å². The summed E-state index contributed by atoms with van der Waals surface area (Å²) in [4.78, 5) is 10.1. The Morgan fingerprint density at radius 1 is 1.33 bits per heavy atom. The van der Waals surface area contributed by atoms with Crippen molar-refractivity contribution in [1.29, 1.82) is 0 Å². The Bertz CT molecular complexity index is 515. The van der Waals surface area contributed by atoms with Crippen LogP contribution in [0.15, 0.2) is 29.8 Å². The normalized spacial score (nSPS) is 14.5. The van der Waals surface area contributed by atoms with E-state index in [0.717, 1.165) is 36.6 Å². The van der Waals surface area contributed by atoms with Gasteiger partial charge in [0, 0.05) is 11.6 Å². The predicted molar refractivity (Wildman–Crippen MR) is 59.1 cm³/mol. The zero-order chi connectivity index (χ0) is 13.3. The minimum absolute atomic E-state index is 0.106. The summed E-state index contributed by atoms with van der Waals surface area (Å²) in [6, 6.07) is 2.52. The first-order valence-electron chi connectivity index (χ1n) is 5.40. The van der Waals surface area contributed by atoms with E-state index in [9.17, 15) is 23.3 Å². The first-order valence-corrected chi connectivity index (χ1v) is 5.40. The molecule has 0 amide bonds. The second-order valence-electron chi connectivity index (χ2n) is 4.16. The fourth-order valence-corrected chi connectivity index (χ4v) is 1.63. The lowest BCUT2D eigenvalue weighted by atomic mass is 10.0. The molecule has 0 heterocycles. The first kappa shape index (κ1) is 12.6. The molecule has 6 heteroatoms. The van der Waals surface area contributed by atoms with E-state index in [4.69, 9.17) is 0 Å². The van der Waals surface area contributed by atoms with Crippen LogP contribution in [0.5, 0.6) is 0 Å². The lowest BCUT2D eigenvalue weighted by Crippen LogP contribution is -2.06. The largest absolute Gasteiger partial charge is 0.416 e. The summed E-state index contributed by atoms with van der Waals surface area (Å²) in [5.41, 5.74) is 0.133. The first-order chi connectivity index (χ1) is 8.38. The Balaban J connectivity index is 2.37. The van der Waals surface area contributed by atoms with E-state index in [1.54, 1.807) is 6.08 Å². The van der Waals surface area contributed by atoms with Crippen molar-refractivity contribution in [1.82, 2.24) is 0 Å². The highest BCUT2D eigenvalue weighted by Crippen LogP contribution is 2.34. The smallest absolute Gasteiger partial charge is 0.258 e. The molecule has 1 aliphatic carbocycles. The van der Waals surface area contributed by atoms with Crippen LogP contribution in [0.1, 0.15) is 24.0 Å². The number of halogens is 3. The summed E-state index contributed by atoms with van der Waals surface area (Å²) in [5.74, 6) is 0. The van der Waals surface area contributed by atoms with Gasteiger partial charge in [0.15, 0.2) is 0 Å². The molecule has 0 aliphatic heterocycles. The standard InChI is InChI=1S/C12H10F3NO2/c13-12(14,15)10-5-6-11(16(17)18)9(7-10)4-3-8-1-2-8/h3,5-7H,1-2,4H2. The van der Waals surface area contributed by atoms with Gasteiger partial charge in [-0.05, 0) is 31.4 Å². The van der Waals surface area contributed by atoms with Gasteiger partial charge in [0.2, 0.25) is 0 Å². The van der Waals surface area contributed by atoms with E-state index in [0.29, 0.717) is 0 Å². The number of hydrogen-bond acceptors (Lipinski definition) is 2. The molecule has 1 aromatic carbocycles. The summed E-state index contributed by atoms with van der Waals surface area (Å²) in [6.07, 6.45) is -0.659. The molecule has 1 saturated carbocycles. The fourth-order valence-electron chi connectivity index (χ4n) is 1.63. The van der Waals surface area contributed by atoms with Crippen LogP contribution in [-0.4, -0.2) is 4.92 Å². The zero-order valence-electron chi connectivity index (χ0n) is 9.33. The molecule has 3 nitrogen and oxygen atoms in total. The molecule has 2 rings (SSSR count). The third-order valence-corrected chi connectivity index (χ3v) is 2.75. The van der Waals surface area contributed by atoms with Gasteiger partial charge >= 0.3 is 6.18 Å². The number of benzene rings is 1. The van der Waals surface area contributed by atoms with Crippen molar-refractivity contribution in [3.63, 3.8) is 0 Å². The summed E-state index contributed by atoms with van der Waals surface area (Å²) < 4.78 is 37.6. The molecule has 1 aromatic rings. The van der Waals surface area contributed by atoms with Crippen molar-refractivity contribution in [3.8, 4) is 0 Å². The number of allylic oxidation sites excluding steroid dienone is 2. The molecular formula is C12H10F3NO2. The zero-order valence-corrected chi connectivity index (χ0v) is 9.33. The minimum Gasteiger partial charge on any atom is -0.258 e. The van der Waals surface area contributed by atoms with Gasteiger partial charge in [-0.3, -0.25) is 10.1 Å². The number of hydrogen-bond donors (Lipinski definition) is 0. The van der Waals surface area contributed by atoms with Gasteiger partial charge in [-0.2, -0.15) is 13.2 Å². The van der Waals surface area contributed by atoms with E-state index in [1.807, 2.05) is 0 Å². The van der Waals surface area contributed by atoms with Crippen LogP contribution in [0, 0.1) is 10.1 Å². The number of nitro benzene ring substituents is 1. The summed E-state index contributed by atoms with van der Waals surface area (Å²) in [5, 5.41) is 10.7. The number of alkyl halides is 3. The van der Waals surface area contributed by atoms with E-state index in [1.165, 1.54) is 0 Å². The second kappa shape index (κ2) is 4.44. The van der Waals surface area contributed by atoms with Crippen molar-refractivity contribution in [2.24, 2.45) is 0 Å². The molecule has 1 aliphatic rings. The third kappa shape index (κ3) is 2.88. The van der Waals surface area contributed by atoms with Gasteiger partial charge in [-0.25, -0.2) is 0 Å². The van der Waals surface area contributed by atoms with Crippen molar-refractivity contribution >= 4 is 5.69 Å². The molecule has 0 saturated heterocycles. The molecule has 0 unspecified atom stereocenters. The van der Waals surface area contributed by atoms with E-state index >= 15 is 0 Å². The van der Waals surface area contributed by atoms with Crippen LogP contribution in [0.25, 0.3) is 0 Å². The molecule has 0 aromatic heterocycles. The van der Waals surface area contributed by atoms with Gasteiger partial charge in [-0.1, -0.05) is 11.6 Å². The van der Waals surface area contributed by atoms with Crippen LogP contribution in [-0.2, 0) is 12.6 Å². The topological polar surface area (TPSA) is 43.1 Å². The van der Waals surface area contributed by atoms with Crippen LogP contribution in [0.2, 0.25) is 0 Å². The molecule has 0 atom stereocenters. The summed E-state index contributed by atoms with van der Waals surface area (Å²) in [6.45, 7) is 0. The predicted octanol–water partition coefficient (Wildman–Crippen LogP) is 3.88. The number of nitro groups is 1. The fraction of sp³-hybridized carbons (Fsp3) is 0.333. The molecule has 1 fully saturated rings. The molecule has 0 N–H and O–H groups in total. The summed E-state index contributed by atoms with van der Waals surface area (Å²) in [7, 11) is 0. The quantitative estimate of drug-likeness (QED) is 0.468. The van der Waals surface area contributed by atoms with Crippen LogP contribution < -0.4 is 0 Å². The van der Waals surface area contributed by atoms with Crippen LogP contribution >= 0.6 is 0 Å². The Kier molecular flexibility index (Phi) is 3.11. The minimum atomic E-state index is -4.48. The molecule has 18 heavy (non-hydrogen) atoms. The summed E-state index contributed by atoms with van der Waals surface area (Å²) >= 11 is 0. The molecule has 0 spiro atoms. The van der Waals surface area contributed by atoms with Crippen molar-refractivity contribution in [3.05, 3.63) is 51.1 Å². The Morgan fingerprint density at radius 2 is 2.00 bits per heavy atom. The highest BCUT2D eigenvalue weighted by molar-refractivity contribution is 5.45. The van der Waals surface area contributed by atoms with Crippen LogP contribution in [0.4, 0.5) is 18.9 Å². The maximum atomic E-state index is 12.5. The average molecular weight is 257 g/mol. The lowest BCUT2D eigenvalue weighted by Gasteiger charge is -2.08. The van der Waals surface area contributed by atoms with Gasteiger partial charge in [0.05, 0.1) is 10.5 Å². The third-order valence-electron chi connectivity index (χ3n) is 2.75. The Labute approximate surface area is 101 Å².